The van der Waals surface area contributed by atoms with Crippen molar-refractivity contribution in [3.63, 3.8) is 0 Å². The molecule has 0 radical (unpaired) electrons. The van der Waals surface area contributed by atoms with Crippen molar-refractivity contribution in [2.45, 2.75) is 50.7 Å². The summed E-state index contributed by atoms with van der Waals surface area (Å²) in [4.78, 5) is 15.7. The van der Waals surface area contributed by atoms with Gasteiger partial charge in [-0.15, -0.1) is 11.3 Å². The van der Waals surface area contributed by atoms with Gasteiger partial charge in [0.2, 0.25) is 0 Å². The maximum atomic E-state index is 12.7. The molecule has 5 heteroatoms. The highest BCUT2D eigenvalue weighted by Crippen LogP contribution is 2.39. The van der Waals surface area contributed by atoms with E-state index >= 15 is 0 Å². The van der Waals surface area contributed by atoms with E-state index in [1.807, 2.05) is 19.5 Å². The minimum atomic E-state index is 0.115. The van der Waals surface area contributed by atoms with E-state index in [0.717, 1.165) is 29.8 Å². The number of amides is 1. The highest BCUT2D eigenvalue weighted by atomic mass is 32.1. The van der Waals surface area contributed by atoms with Crippen LogP contribution in [0.25, 0.3) is 0 Å². The first kappa shape index (κ1) is 16.0. The fraction of sp³-hybridized carbons (Fsp3) is 0.706. The van der Waals surface area contributed by atoms with Gasteiger partial charge in [-0.05, 0) is 68.6 Å². The number of nitrogens with two attached hydrogens (primary N) is 1. The molecule has 1 heterocycles. The lowest BCUT2D eigenvalue weighted by molar-refractivity contribution is 0.0758. The zero-order chi connectivity index (χ0) is 15.7. The summed E-state index contributed by atoms with van der Waals surface area (Å²) in [7, 11) is 4.07. The molecule has 3 N–H and O–H groups in total. The van der Waals surface area contributed by atoms with Gasteiger partial charge in [0.25, 0.3) is 5.91 Å². The van der Waals surface area contributed by atoms with Crippen LogP contribution in [0, 0.1) is 11.8 Å². The first-order chi connectivity index (χ1) is 10.5. The van der Waals surface area contributed by atoms with Crippen LogP contribution in [0.5, 0.6) is 0 Å². The van der Waals surface area contributed by atoms with E-state index in [-0.39, 0.29) is 5.91 Å². The molecule has 2 saturated carbocycles. The molecule has 2 atom stereocenters. The summed E-state index contributed by atoms with van der Waals surface area (Å²) in [6.45, 7) is 0.814. The first-order valence-corrected chi connectivity index (χ1v) is 9.20. The van der Waals surface area contributed by atoms with E-state index in [9.17, 15) is 4.79 Å². The fourth-order valence-corrected chi connectivity index (χ4v) is 5.06. The van der Waals surface area contributed by atoms with Crippen LogP contribution in [0.2, 0.25) is 0 Å². The lowest BCUT2D eigenvalue weighted by Gasteiger charge is -2.45. The fourth-order valence-electron chi connectivity index (χ4n) is 4.24. The van der Waals surface area contributed by atoms with Gasteiger partial charge in [-0.1, -0.05) is 6.42 Å². The summed E-state index contributed by atoms with van der Waals surface area (Å²) in [5.41, 5.74) is 7.31. The van der Waals surface area contributed by atoms with Gasteiger partial charge >= 0.3 is 0 Å². The maximum Gasteiger partial charge on any atom is 0.261 e. The summed E-state index contributed by atoms with van der Waals surface area (Å²) >= 11 is 1.55. The Morgan fingerprint density at radius 1 is 1.36 bits per heavy atom. The van der Waals surface area contributed by atoms with E-state index in [1.54, 1.807) is 11.3 Å². The minimum absolute atomic E-state index is 0.115. The van der Waals surface area contributed by atoms with Crippen molar-refractivity contribution in [2.24, 2.45) is 17.6 Å². The van der Waals surface area contributed by atoms with Crippen LogP contribution in [0.4, 0.5) is 0 Å². The standard InChI is InChI=1S/C17H27N3OS/c1-20(2)10-13-6-7-22-16(13)17(21)19-15-11-4-3-5-12(15)9-14(18)8-11/h6-7,11-12,14-15H,3-5,8-10,18H2,1-2H3,(H,19,21). The summed E-state index contributed by atoms with van der Waals surface area (Å²) in [5.74, 6) is 1.26. The van der Waals surface area contributed by atoms with Crippen molar-refractivity contribution in [2.75, 3.05) is 14.1 Å². The van der Waals surface area contributed by atoms with Crippen molar-refractivity contribution >= 4 is 17.2 Å². The van der Waals surface area contributed by atoms with Crippen molar-refractivity contribution in [3.05, 3.63) is 21.9 Å². The highest BCUT2D eigenvalue weighted by molar-refractivity contribution is 7.12. The molecule has 2 aliphatic rings. The molecule has 2 aliphatic carbocycles. The average Bonchev–Trinajstić information content (AvgIpc) is 2.87. The second-order valence-electron chi connectivity index (χ2n) is 7.19. The molecule has 4 nitrogen and oxygen atoms in total. The minimum Gasteiger partial charge on any atom is -0.348 e. The van der Waals surface area contributed by atoms with Crippen molar-refractivity contribution in [3.8, 4) is 0 Å². The van der Waals surface area contributed by atoms with Gasteiger partial charge in [0.05, 0.1) is 4.88 Å². The summed E-state index contributed by atoms with van der Waals surface area (Å²) in [6, 6.07) is 2.72. The number of carbonyl (C=O) groups is 1. The lowest BCUT2D eigenvalue weighted by atomic mass is 9.67. The molecule has 1 amide bonds. The molecule has 0 aromatic carbocycles. The Morgan fingerprint density at radius 2 is 2.05 bits per heavy atom. The normalized spacial score (nSPS) is 31.3. The summed E-state index contributed by atoms with van der Waals surface area (Å²) < 4.78 is 0. The third kappa shape index (κ3) is 3.36. The molecule has 1 aromatic rings. The largest absolute Gasteiger partial charge is 0.348 e. The molecule has 2 bridgehead atoms. The monoisotopic (exact) mass is 321 g/mol. The number of hydrogen-bond acceptors (Lipinski definition) is 4. The maximum absolute atomic E-state index is 12.7. The quantitative estimate of drug-likeness (QED) is 0.895. The Morgan fingerprint density at radius 3 is 2.68 bits per heavy atom. The zero-order valence-electron chi connectivity index (χ0n) is 13.5. The Balaban J connectivity index is 1.70. The van der Waals surface area contributed by atoms with Crippen molar-refractivity contribution in [1.82, 2.24) is 10.2 Å². The van der Waals surface area contributed by atoms with Crippen LogP contribution in [-0.2, 0) is 6.54 Å². The van der Waals surface area contributed by atoms with E-state index in [0.29, 0.717) is 23.9 Å². The molecule has 0 spiro atoms. The van der Waals surface area contributed by atoms with Crippen LogP contribution < -0.4 is 11.1 Å². The Bertz CT molecular complexity index is 514. The Hall–Kier alpha value is -0.910. The number of hydrogen-bond donors (Lipinski definition) is 2. The summed E-state index contributed by atoms with van der Waals surface area (Å²) in [6.07, 6.45) is 5.85. The molecule has 1 aromatic heterocycles. The predicted octanol–water partition coefficient (Wildman–Crippen LogP) is 2.45. The third-order valence-electron chi connectivity index (χ3n) is 5.11. The number of rotatable bonds is 4. The van der Waals surface area contributed by atoms with Crippen LogP contribution in [0.15, 0.2) is 11.4 Å². The second-order valence-corrected chi connectivity index (χ2v) is 8.11. The molecular weight excluding hydrogens is 294 g/mol. The van der Waals surface area contributed by atoms with Gasteiger partial charge in [-0.3, -0.25) is 4.79 Å². The van der Waals surface area contributed by atoms with Crippen molar-refractivity contribution < 1.29 is 4.79 Å². The molecule has 22 heavy (non-hydrogen) atoms. The molecule has 2 unspecified atom stereocenters. The number of fused-ring (bicyclic) bond motifs is 2. The molecule has 2 fully saturated rings. The average molecular weight is 321 g/mol. The van der Waals surface area contributed by atoms with Gasteiger partial charge in [0.15, 0.2) is 0 Å². The van der Waals surface area contributed by atoms with E-state index in [1.165, 1.54) is 19.3 Å². The molecule has 122 valence electrons. The number of thiophene rings is 1. The third-order valence-corrected chi connectivity index (χ3v) is 6.07. The highest BCUT2D eigenvalue weighted by Gasteiger charge is 2.40. The van der Waals surface area contributed by atoms with E-state index < -0.39 is 0 Å². The summed E-state index contributed by atoms with van der Waals surface area (Å²) in [5, 5.41) is 5.37. The second kappa shape index (κ2) is 6.69. The van der Waals surface area contributed by atoms with Gasteiger partial charge in [0.1, 0.15) is 0 Å². The smallest absolute Gasteiger partial charge is 0.261 e. The van der Waals surface area contributed by atoms with Gasteiger partial charge in [-0.2, -0.15) is 0 Å². The number of nitrogens with one attached hydrogen (secondary N) is 1. The Labute approximate surface area is 137 Å². The van der Waals surface area contributed by atoms with Gasteiger partial charge in [0, 0.05) is 18.6 Å². The molecular formula is C17H27N3OS. The SMILES string of the molecule is CN(C)Cc1ccsc1C(=O)NC1C2CCCC1CC(N)C2. The number of nitrogens with zero attached hydrogens (tertiary/aromatic N) is 1. The first-order valence-electron chi connectivity index (χ1n) is 8.32. The topological polar surface area (TPSA) is 58.4 Å². The van der Waals surface area contributed by atoms with Gasteiger partial charge in [-0.25, -0.2) is 0 Å². The lowest BCUT2D eigenvalue weighted by Crippen LogP contribution is -2.53. The number of carbonyl (C=O) groups excluding carboxylic acids is 1. The predicted molar refractivity (Wildman–Crippen MR) is 91.0 cm³/mol. The van der Waals surface area contributed by atoms with Crippen LogP contribution in [0.1, 0.15) is 47.3 Å². The zero-order valence-corrected chi connectivity index (χ0v) is 14.4. The van der Waals surface area contributed by atoms with E-state index in [4.69, 9.17) is 5.73 Å². The van der Waals surface area contributed by atoms with Crippen LogP contribution >= 0.6 is 11.3 Å². The Kier molecular flexibility index (Phi) is 4.85. The van der Waals surface area contributed by atoms with Crippen molar-refractivity contribution in [1.29, 1.82) is 0 Å². The molecule has 3 rings (SSSR count). The van der Waals surface area contributed by atoms with Crippen LogP contribution in [-0.4, -0.2) is 37.0 Å². The molecule has 0 saturated heterocycles. The van der Waals surface area contributed by atoms with Gasteiger partial charge < -0.3 is 16.0 Å². The molecule has 0 aliphatic heterocycles. The van der Waals surface area contributed by atoms with Crippen LogP contribution in [0.3, 0.4) is 0 Å². The van der Waals surface area contributed by atoms with E-state index in [2.05, 4.69) is 16.3 Å².